The number of rotatable bonds is 5. The van der Waals surface area contributed by atoms with Gasteiger partial charge in [0.25, 0.3) is 0 Å². The van der Waals surface area contributed by atoms with E-state index in [0.29, 0.717) is 11.4 Å². The molecule has 1 aromatic heterocycles. The zero-order valence-electron chi connectivity index (χ0n) is 13.6. The predicted molar refractivity (Wildman–Crippen MR) is 95.6 cm³/mol. The largest absolute Gasteiger partial charge is 0.240 e. The van der Waals surface area contributed by atoms with Gasteiger partial charge >= 0.3 is 0 Å². The number of thiophene rings is 1. The van der Waals surface area contributed by atoms with E-state index >= 15 is 0 Å². The van der Waals surface area contributed by atoms with Gasteiger partial charge in [-0.25, -0.2) is 13.1 Å². The van der Waals surface area contributed by atoms with Crippen LogP contribution in [-0.2, 0) is 15.4 Å². The van der Waals surface area contributed by atoms with Crippen molar-refractivity contribution in [2.45, 2.75) is 49.8 Å². The van der Waals surface area contributed by atoms with Crippen molar-refractivity contribution in [3.8, 4) is 0 Å². The molecule has 0 radical (unpaired) electrons. The lowest BCUT2D eigenvalue weighted by molar-refractivity contribution is 0.433. The first-order valence-corrected chi connectivity index (χ1v) is 10.5. The molecule has 0 saturated heterocycles. The second-order valence-electron chi connectivity index (χ2n) is 6.59. The molecule has 23 heavy (non-hydrogen) atoms. The van der Waals surface area contributed by atoms with Crippen LogP contribution in [0.4, 0.5) is 0 Å². The zero-order chi connectivity index (χ0) is 16.5. The highest BCUT2D eigenvalue weighted by molar-refractivity contribution is 7.89. The van der Waals surface area contributed by atoms with Crippen molar-refractivity contribution in [1.29, 1.82) is 0 Å². The van der Waals surface area contributed by atoms with Crippen molar-refractivity contribution < 1.29 is 8.42 Å². The minimum absolute atomic E-state index is 0.0360. The van der Waals surface area contributed by atoms with Gasteiger partial charge in [0.05, 0.1) is 4.90 Å². The normalized spacial score (nSPS) is 17.5. The summed E-state index contributed by atoms with van der Waals surface area (Å²) in [6, 6.07) is 7.62. The number of sulfonamides is 1. The third-order valence-electron chi connectivity index (χ3n) is 4.91. The summed E-state index contributed by atoms with van der Waals surface area (Å²) in [5, 5.41) is 4.24. The summed E-state index contributed by atoms with van der Waals surface area (Å²) in [7, 11) is -3.47. The standard InChI is InChI=1S/C18H23NO2S2/c1-14-5-6-17(15(2)11-14)23(20,21)19-13-18(8-3-4-9-18)16-7-10-22-12-16/h5-7,10-12,19H,3-4,8-9,13H2,1-2H3. The van der Waals surface area contributed by atoms with Crippen molar-refractivity contribution in [2.24, 2.45) is 0 Å². The molecule has 1 aliphatic rings. The average Bonchev–Trinajstić information content (AvgIpc) is 3.17. The summed E-state index contributed by atoms with van der Waals surface area (Å²) in [5.74, 6) is 0. The fourth-order valence-corrected chi connectivity index (χ4v) is 5.73. The van der Waals surface area contributed by atoms with E-state index in [4.69, 9.17) is 0 Å². The molecule has 0 unspecified atom stereocenters. The molecular weight excluding hydrogens is 326 g/mol. The van der Waals surface area contributed by atoms with Crippen molar-refractivity contribution >= 4 is 21.4 Å². The van der Waals surface area contributed by atoms with Crippen LogP contribution in [0.3, 0.4) is 0 Å². The topological polar surface area (TPSA) is 46.2 Å². The molecule has 1 fully saturated rings. The third kappa shape index (κ3) is 3.37. The number of hydrogen-bond acceptors (Lipinski definition) is 3. The van der Waals surface area contributed by atoms with Gasteiger partial charge in [-0.05, 0) is 60.7 Å². The van der Waals surface area contributed by atoms with E-state index in [2.05, 4.69) is 21.5 Å². The van der Waals surface area contributed by atoms with Crippen LogP contribution in [0.5, 0.6) is 0 Å². The van der Waals surface area contributed by atoms with Crippen LogP contribution in [-0.4, -0.2) is 15.0 Å². The predicted octanol–water partition coefficient (Wildman–Crippen LogP) is 4.16. The SMILES string of the molecule is Cc1ccc(S(=O)(=O)NCC2(c3ccsc3)CCCC2)c(C)c1. The maximum absolute atomic E-state index is 12.7. The quantitative estimate of drug-likeness (QED) is 0.881. The number of hydrogen-bond donors (Lipinski definition) is 1. The highest BCUT2D eigenvalue weighted by atomic mass is 32.2. The van der Waals surface area contributed by atoms with Crippen molar-refractivity contribution in [3.05, 3.63) is 51.7 Å². The van der Waals surface area contributed by atoms with Crippen LogP contribution in [0.15, 0.2) is 39.9 Å². The molecule has 0 amide bonds. The lowest BCUT2D eigenvalue weighted by Gasteiger charge is -2.28. The number of aryl methyl sites for hydroxylation is 2. The van der Waals surface area contributed by atoms with Crippen LogP contribution in [0.1, 0.15) is 42.4 Å². The maximum atomic E-state index is 12.7. The van der Waals surface area contributed by atoms with Gasteiger partial charge in [0, 0.05) is 12.0 Å². The molecule has 3 nitrogen and oxygen atoms in total. The second-order valence-corrected chi connectivity index (χ2v) is 9.11. The Morgan fingerprint density at radius 2 is 1.91 bits per heavy atom. The molecule has 5 heteroatoms. The van der Waals surface area contributed by atoms with E-state index in [-0.39, 0.29) is 5.41 Å². The summed E-state index contributed by atoms with van der Waals surface area (Å²) in [6.45, 7) is 4.31. The highest BCUT2D eigenvalue weighted by Crippen LogP contribution is 2.41. The Kier molecular flexibility index (Phi) is 4.63. The maximum Gasteiger partial charge on any atom is 0.240 e. The molecule has 0 aliphatic heterocycles. The van der Waals surface area contributed by atoms with Crippen LogP contribution >= 0.6 is 11.3 Å². The van der Waals surface area contributed by atoms with Crippen LogP contribution < -0.4 is 4.72 Å². The summed E-state index contributed by atoms with van der Waals surface area (Å²) >= 11 is 1.68. The third-order valence-corrected chi connectivity index (χ3v) is 7.16. The Morgan fingerprint density at radius 3 is 2.52 bits per heavy atom. The van der Waals surface area contributed by atoms with Crippen LogP contribution in [0.2, 0.25) is 0 Å². The molecule has 3 rings (SSSR count). The van der Waals surface area contributed by atoms with E-state index in [1.165, 1.54) is 18.4 Å². The zero-order valence-corrected chi connectivity index (χ0v) is 15.3. The average molecular weight is 350 g/mol. The Morgan fingerprint density at radius 1 is 1.17 bits per heavy atom. The molecule has 124 valence electrons. The first kappa shape index (κ1) is 16.7. The molecule has 1 aromatic carbocycles. The summed E-state index contributed by atoms with van der Waals surface area (Å²) in [5.41, 5.74) is 3.12. The van der Waals surface area contributed by atoms with Crippen LogP contribution in [0.25, 0.3) is 0 Å². The molecule has 1 aliphatic carbocycles. The molecular formula is C18H23NO2S2. The fourth-order valence-electron chi connectivity index (χ4n) is 3.60. The number of nitrogens with one attached hydrogen (secondary N) is 1. The Hall–Kier alpha value is -1.17. The molecule has 1 saturated carbocycles. The Labute approximate surface area is 142 Å². The molecule has 2 aromatic rings. The Balaban J connectivity index is 1.83. The minimum Gasteiger partial charge on any atom is -0.210 e. The van der Waals surface area contributed by atoms with E-state index in [0.717, 1.165) is 24.0 Å². The highest BCUT2D eigenvalue weighted by Gasteiger charge is 2.37. The van der Waals surface area contributed by atoms with E-state index in [1.54, 1.807) is 17.4 Å². The minimum atomic E-state index is -3.47. The fraction of sp³-hybridized carbons (Fsp3) is 0.444. The van der Waals surface area contributed by atoms with Crippen molar-refractivity contribution in [3.63, 3.8) is 0 Å². The van der Waals surface area contributed by atoms with Gasteiger partial charge < -0.3 is 0 Å². The molecule has 0 atom stereocenters. The molecule has 0 bridgehead atoms. The van der Waals surface area contributed by atoms with Gasteiger partial charge in [-0.15, -0.1) is 0 Å². The van der Waals surface area contributed by atoms with Crippen LogP contribution in [0, 0.1) is 13.8 Å². The number of benzene rings is 1. The van der Waals surface area contributed by atoms with Crippen molar-refractivity contribution in [1.82, 2.24) is 4.72 Å². The summed E-state index contributed by atoms with van der Waals surface area (Å²) < 4.78 is 28.3. The summed E-state index contributed by atoms with van der Waals surface area (Å²) in [4.78, 5) is 0.390. The smallest absolute Gasteiger partial charge is 0.210 e. The van der Waals surface area contributed by atoms with Crippen molar-refractivity contribution in [2.75, 3.05) is 6.54 Å². The first-order valence-electron chi connectivity index (χ1n) is 8.03. The van der Waals surface area contributed by atoms with E-state index in [9.17, 15) is 8.42 Å². The Bertz CT molecular complexity index is 773. The first-order chi connectivity index (χ1) is 10.9. The van der Waals surface area contributed by atoms with Gasteiger partial charge in [-0.1, -0.05) is 30.5 Å². The van der Waals surface area contributed by atoms with Gasteiger partial charge in [0.2, 0.25) is 10.0 Å². The molecule has 1 heterocycles. The van der Waals surface area contributed by atoms with Gasteiger partial charge in [-0.3, -0.25) is 0 Å². The monoisotopic (exact) mass is 349 g/mol. The van der Waals surface area contributed by atoms with Gasteiger partial charge in [-0.2, -0.15) is 11.3 Å². The van der Waals surface area contributed by atoms with Gasteiger partial charge in [0.1, 0.15) is 0 Å². The molecule has 1 N–H and O–H groups in total. The lowest BCUT2D eigenvalue weighted by Crippen LogP contribution is -2.38. The second kappa shape index (κ2) is 6.38. The van der Waals surface area contributed by atoms with Gasteiger partial charge in [0.15, 0.2) is 0 Å². The van der Waals surface area contributed by atoms with E-state index in [1.807, 2.05) is 26.0 Å². The molecule has 0 spiro atoms. The summed E-state index contributed by atoms with van der Waals surface area (Å²) in [6.07, 6.45) is 4.44. The lowest BCUT2D eigenvalue weighted by atomic mass is 9.81. The van der Waals surface area contributed by atoms with E-state index < -0.39 is 10.0 Å².